The highest BCUT2D eigenvalue weighted by atomic mass is 35.5. The molecule has 0 aliphatic rings. The fraction of sp³-hybridized carbons (Fsp3) is 0.158. The fourth-order valence-corrected chi connectivity index (χ4v) is 4.17. The van der Waals surface area contributed by atoms with Gasteiger partial charge in [0.25, 0.3) is 0 Å². The summed E-state index contributed by atoms with van der Waals surface area (Å²) in [6.45, 7) is 1.23. The predicted molar refractivity (Wildman–Crippen MR) is 103 cm³/mol. The van der Waals surface area contributed by atoms with Crippen molar-refractivity contribution in [2.75, 3.05) is 0 Å². The highest BCUT2D eigenvalue weighted by Crippen LogP contribution is 2.19. The van der Waals surface area contributed by atoms with Gasteiger partial charge in [-0.2, -0.15) is 9.98 Å². The Labute approximate surface area is 167 Å². The normalized spacial score (nSPS) is 12.5. The molecule has 2 aromatic heterocycles. The molecule has 28 heavy (non-hydrogen) atoms. The molecule has 2 heterocycles. The van der Waals surface area contributed by atoms with Crippen LogP contribution in [0.5, 0.6) is 0 Å². The van der Waals surface area contributed by atoms with Crippen LogP contribution in [-0.2, 0) is 26.2 Å². The van der Waals surface area contributed by atoms with Crippen molar-refractivity contribution in [2.45, 2.75) is 24.5 Å². The van der Waals surface area contributed by atoms with E-state index >= 15 is 0 Å². The van der Waals surface area contributed by atoms with Crippen molar-refractivity contribution >= 4 is 33.1 Å². The van der Waals surface area contributed by atoms with Crippen LogP contribution in [-0.4, -0.2) is 24.8 Å². The van der Waals surface area contributed by atoms with Gasteiger partial charge in [0.2, 0.25) is 10.0 Å². The summed E-state index contributed by atoms with van der Waals surface area (Å²) in [5.74, 6) is -0.759. The minimum atomic E-state index is -3.94. The summed E-state index contributed by atoms with van der Waals surface area (Å²) in [7, 11) is -3.94. The van der Waals surface area contributed by atoms with Crippen molar-refractivity contribution in [3.05, 3.63) is 71.0 Å². The Balaban J connectivity index is 1.69. The molecule has 1 N–H and O–H groups in total. The van der Waals surface area contributed by atoms with Crippen LogP contribution in [0.3, 0.4) is 0 Å². The van der Waals surface area contributed by atoms with Crippen LogP contribution in [0.25, 0.3) is 5.52 Å². The topological polar surface area (TPSA) is 101 Å². The van der Waals surface area contributed by atoms with E-state index in [1.165, 1.54) is 25.1 Å². The lowest BCUT2D eigenvalue weighted by Crippen LogP contribution is -2.39. The predicted octanol–water partition coefficient (Wildman–Crippen LogP) is 2.87. The van der Waals surface area contributed by atoms with Crippen molar-refractivity contribution in [1.82, 2.24) is 9.12 Å². The van der Waals surface area contributed by atoms with Gasteiger partial charge in [-0.25, -0.2) is 8.42 Å². The highest BCUT2D eigenvalue weighted by molar-refractivity contribution is 7.89. The number of benzene rings is 1. The average molecular weight is 418 g/mol. The SMILES string of the molecule is C[C@@H](NS(=O)(=O)c1cccc(Cl)c1)C(=O)OCc1cn2ccccc2c1C#N. The maximum absolute atomic E-state index is 12.4. The number of rotatable bonds is 6. The minimum absolute atomic E-state index is 0.0508. The zero-order valence-corrected chi connectivity index (χ0v) is 16.4. The van der Waals surface area contributed by atoms with Gasteiger partial charge in [0, 0.05) is 23.0 Å². The molecule has 3 aromatic rings. The molecule has 0 saturated carbocycles. The molecule has 0 bridgehead atoms. The third-order valence-corrected chi connectivity index (χ3v) is 5.81. The van der Waals surface area contributed by atoms with Gasteiger partial charge < -0.3 is 9.14 Å². The Hall–Kier alpha value is -2.86. The van der Waals surface area contributed by atoms with Gasteiger partial charge in [-0.05, 0) is 37.3 Å². The first kappa shape index (κ1) is 19.9. The second kappa shape index (κ2) is 8.02. The van der Waals surface area contributed by atoms with Crippen LogP contribution in [0.15, 0.2) is 59.8 Å². The lowest BCUT2D eigenvalue weighted by Gasteiger charge is -2.13. The number of esters is 1. The summed E-state index contributed by atoms with van der Waals surface area (Å²) in [5.41, 5.74) is 1.64. The number of fused-ring (bicyclic) bond motifs is 1. The summed E-state index contributed by atoms with van der Waals surface area (Å²) >= 11 is 5.82. The first-order chi connectivity index (χ1) is 13.3. The molecular weight excluding hydrogens is 402 g/mol. The van der Waals surface area contributed by atoms with E-state index in [1.807, 2.05) is 6.07 Å². The summed E-state index contributed by atoms with van der Waals surface area (Å²) < 4.78 is 34.0. The number of ether oxygens (including phenoxy) is 1. The number of nitrogens with one attached hydrogen (secondary N) is 1. The molecule has 0 amide bonds. The first-order valence-corrected chi connectivity index (χ1v) is 10.1. The molecule has 0 aliphatic heterocycles. The van der Waals surface area contributed by atoms with E-state index in [0.717, 1.165) is 0 Å². The van der Waals surface area contributed by atoms with E-state index in [4.69, 9.17) is 16.3 Å². The number of aromatic nitrogens is 1. The van der Waals surface area contributed by atoms with E-state index in [-0.39, 0.29) is 16.5 Å². The van der Waals surface area contributed by atoms with Crippen LogP contribution in [0.4, 0.5) is 0 Å². The van der Waals surface area contributed by atoms with Crippen LogP contribution < -0.4 is 4.72 Å². The van der Waals surface area contributed by atoms with Crippen LogP contribution in [0.2, 0.25) is 5.02 Å². The molecule has 0 saturated heterocycles. The number of nitrogens with zero attached hydrogens (tertiary/aromatic N) is 2. The first-order valence-electron chi connectivity index (χ1n) is 8.25. The van der Waals surface area contributed by atoms with E-state index < -0.39 is 22.0 Å². The molecule has 1 atom stereocenters. The molecule has 0 unspecified atom stereocenters. The second-order valence-electron chi connectivity index (χ2n) is 6.04. The number of halogens is 1. The second-order valence-corrected chi connectivity index (χ2v) is 8.19. The monoisotopic (exact) mass is 417 g/mol. The quantitative estimate of drug-likeness (QED) is 0.621. The third kappa shape index (κ3) is 4.17. The maximum Gasteiger partial charge on any atom is 0.324 e. The molecule has 7 nitrogen and oxygen atoms in total. The van der Waals surface area contributed by atoms with E-state index in [0.29, 0.717) is 16.6 Å². The van der Waals surface area contributed by atoms with E-state index in [1.54, 1.807) is 35.0 Å². The number of pyridine rings is 1. The van der Waals surface area contributed by atoms with Gasteiger partial charge in [0.1, 0.15) is 18.7 Å². The van der Waals surface area contributed by atoms with Crippen molar-refractivity contribution < 1.29 is 17.9 Å². The Morgan fingerprint density at radius 2 is 2.11 bits per heavy atom. The summed E-state index contributed by atoms with van der Waals surface area (Å²) in [6.07, 6.45) is 3.48. The van der Waals surface area contributed by atoms with E-state index in [2.05, 4.69) is 10.8 Å². The number of sulfonamides is 1. The van der Waals surface area contributed by atoms with Gasteiger partial charge in [-0.3, -0.25) is 4.79 Å². The minimum Gasteiger partial charge on any atom is -0.460 e. The number of carbonyl (C=O) groups is 1. The zero-order chi connectivity index (χ0) is 20.3. The summed E-state index contributed by atoms with van der Waals surface area (Å²) in [4.78, 5) is 12.2. The number of hydrogen-bond acceptors (Lipinski definition) is 5. The molecular formula is C19H16ClN3O4S. The van der Waals surface area contributed by atoms with E-state index in [9.17, 15) is 18.5 Å². The van der Waals surface area contributed by atoms with Crippen LogP contribution >= 0.6 is 11.6 Å². The van der Waals surface area contributed by atoms with Crippen LogP contribution in [0, 0.1) is 11.3 Å². The van der Waals surface area contributed by atoms with Gasteiger partial charge in [-0.1, -0.05) is 23.7 Å². The molecule has 0 spiro atoms. The van der Waals surface area contributed by atoms with Crippen molar-refractivity contribution in [1.29, 1.82) is 5.26 Å². The van der Waals surface area contributed by atoms with Gasteiger partial charge >= 0.3 is 5.97 Å². The Bertz CT molecular complexity index is 1180. The fourth-order valence-electron chi connectivity index (χ4n) is 2.67. The Kier molecular flexibility index (Phi) is 5.70. The largest absolute Gasteiger partial charge is 0.460 e. The molecule has 0 aliphatic carbocycles. The number of nitriles is 1. The van der Waals surface area contributed by atoms with Gasteiger partial charge in [-0.15, -0.1) is 0 Å². The molecule has 0 fully saturated rings. The zero-order valence-electron chi connectivity index (χ0n) is 14.8. The summed E-state index contributed by atoms with van der Waals surface area (Å²) in [5, 5.41) is 9.64. The number of carbonyl (C=O) groups excluding carboxylic acids is 1. The van der Waals surface area contributed by atoms with Crippen molar-refractivity contribution in [3.63, 3.8) is 0 Å². The molecule has 9 heteroatoms. The Morgan fingerprint density at radius 1 is 1.32 bits per heavy atom. The number of hydrogen-bond donors (Lipinski definition) is 1. The van der Waals surface area contributed by atoms with Crippen molar-refractivity contribution in [2.24, 2.45) is 0 Å². The lowest BCUT2D eigenvalue weighted by molar-refractivity contribution is -0.146. The highest BCUT2D eigenvalue weighted by Gasteiger charge is 2.24. The Morgan fingerprint density at radius 3 is 2.82 bits per heavy atom. The average Bonchev–Trinajstić information content (AvgIpc) is 3.03. The summed E-state index contributed by atoms with van der Waals surface area (Å²) in [6, 6.07) is 12.1. The standard InChI is InChI=1S/C19H16ClN3O4S/c1-13(22-28(25,26)16-6-4-5-15(20)9-16)19(24)27-12-14-11-23-8-3-2-7-18(23)17(14)10-21/h2-9,11,13,22H,12H2,1H3/t13-/m1/s1. The third-order valence-electron chi connectivity index (χ3n) is 4.04. The molecule has 3 rings (SSSR count). The van der Waals surface area contributed by atoms with Gasteiger partial charge in [0.05, 0.1) is 16.0 Å². The van der Waals surface area contributed by atoms with Gasteiger partial charge in [0.15, 0.2) is 0 Å². The lowest BCUT2D eigenvalue weighted by atomic mass is 10.2. The van der Waals surface area contributed by atoms with Crippen LogP contribution in [0.1, 0.15) is 18.1 Å². The molecule has 1 aromatic carbocycles. The molecule has 144 valence electrons. The smallest absolute Gasteiger partial charge is 0.324 e. The maximum atomic E-state index is 12.4. The van der Waals surface area contributed by atoms with Crippen molar-refractivity contribution in [3.8, 4) is 6.07 Å². The molecule has 0 radical (unpaired) electrons.